The van der Waals surface area contributed by atoms with E-state index in [1.165, 1.54) is 0 Å². The van der Waals surface area contributed by atoms with Gasteiger partial charge in [0, 0.05) is 11.5 Å². The van der Waals surface area contributed by atoms with Gasteiger partial charge in [-0.2, -0.15) is 0 Å². The maximum absolute atomic E-state index is 11.1. The summed E-state index contributed by atoms with van der Waals surface area (Å²) in [5, 5.41) is 5.12. The minimum atomic E-state index is -0.276. The molecule has 0 spiro atoms. The molecule has 1 rings (SSSR count). The summed E-state index contributed by atoms with van der Waals surface area (Å²) in [7, 11) is 1.56. The van der Waals surface area contributed by atoms with Crippen LogP contribution in [0.15, 0.2) is 16.6 Å². The van der Waals surface area contributed by atoms with Crippen LogP contribution >= 0.6 is 15.9 Å². The molecule has 14 heavy (non-hydrogen) atoms. The van der Waals surface area contributed by atoms with Crippen molar-refractivity contribution in [2.75, 3.05) is 18.1 Å². The summed E-state index contributed by atoms with van der Waals surface area (Å²) in [5.74, 6) is 0. The molecule has 0 unspecified atom stereocenters. The van der Waals surface area contributed by atoms with E-state index in [9.17, 15) is 4.79 Å². The van der Waals surface area contributed by atoms with Crippen molar-refractivity contribution in [3.8, 4) is 0 Å². The monoisotopic (exact) mass is 257 g/mol. The van der Waals surface area contributed by atoms with Gasteiger partial charge < -0.3 is 16.4 Å². The Morgan fingerprint density at radius 2 is 2.14 bits per heavy atom. The lowest BCUT2D eigenvalue weighted by molar-refractivity contribution is 0.254. The first kappa shape index (κ1) is 10.8. The molecular weight excluding hydrogens is 246 g/mol. The number of rotatable bonds is 1. The molecule has 0 bridgehead atoms. The molecule has 1 aromatic rings. The minimum absolute atomic E-state index is 0.276. The molecule has 0 aromatic heterocycles. The standard InChI is InChI=1S/C9H12BrN3O/c1-5-3-6(10)4-7(11)8(5)13-9(14)12-2/h3-4H,11H2,1-2H3,(H2,12,13,14). The van der Waals surface area contributed by atoms with E-state index < -0.39 is 0 Å². The van der Waals surface area contributed by atoms with E-state index in [4.69, 9.17) is 5.73 Å². The fourth-order valence-electron chi connectivity index (χ4n) is 1.12. The number of nitrogens with two attached hydrogens (primary N) is 1. The van der Waals surface area contributed by atoms with Crippen molar-refractivity contribution in [1.82, 2.24) is 5.32 Å². The molecule has 5 heteroatoms. The van der Waals surface area contributed by atoms with E-state index >= 15 is 0 Å². The molecule has 4 nitrogen and oxygen atoms in total. The van der Waals surface area contributed by atoms with Crippen LogP contribution in [0.1, 0.15) is 5.56 Å². The van der Waals surface area contributed by atoms with Gasteiger partial charge in [0.15, 0.2) is 0 Å². The molecule has 0 heterocycles. The lowest BCUT2D eigenvalue weighted by atomic mass is 10.2. The van der Waals surface area contributed by atoms with Crippen LogP contribution in [0.3, 0.4) is 0 Å². The minimum Gasteiger partial charge on any atom is -0.397 e. The molecule has 0 aliphatic heterocycles. The highest BCUT2D eigenvalue weighted by Crippen LogP contribution is 2.27. The predicted octanol–water partition coefficient (Wildman–Crippen LogP) is 2.09. The number of benzene rings is 1. The second-order valence-electron chi connectivity index (χ2n) is 2.89. The third kappa shape index (κ3) is 2.38. The van der Waals surface area contributed by atoms with Gasteiger partial charge >= 0.3 is 6.03 Å². The first-order chi connectivity index (χ1) is 6.54. The maximum atomic E-state index is 11.1. The van der Waals surface area contributed by atoms with Crippen LogP contribution in [0.4, 0.5) is 16.2 Å². The Labute approximate surface area is 91.0 Å². The number of halogens is 1. The summed E-state index contributed by atoms with van der Waals surface area (Å²) in [6, 6.07) is 3.36. The average molecular weight is 258 g/mol. The van der Waals surface area contributed by atoms with Crippen molar-refractivity contribution in [2.24, 2.45) is 0 Å². The first-order valence-corrected chi connectivity index (χ1v) is 4.88. The van der Waals surface area contributed by atoms with E-state index in [2.05, 4.69) is 26.6 Å². The number of hydrogen-bond donors (Lipinski definition) is 3. The summed E-state index contributed by atoms with van der Waals surface area (Å²) >= 11 is 3.32. The molecule has 1 aromatic carbocycles. The van der Waals surface area contributed by atoms with Crippen LogP contribution in [-0.2, 0) is 0 Å². The number of urea groups is 1. The van der Waals surface area contributed by atoms with Crippen LogP contribution < -0.4 is 16.4 Å². The molecule has 0 saturated carbocycles. The molecule has 0 saturated heterocycles. The topological polar surface area (TPSA) is 67.2 Å². The van der Waals surface area contributed by atoms with Gasteiger partial charge in [0.05, 0.1) is 11.4 Å². The average Bonchev–Trinajstić information content (AvgIpc) is 2.10. The highest BCUT2D eigenvalue weighted by molar-refractivity contribution is 9.10. The molecule has 0 fully saturated rings. The van der Waals surface area contributed by atoms with Crippen molar-refractivity contribution in [3.05, 3.63) is 22.2 Å². The number of nitrogen functional groups attached to an aromatic ring is 1. The molecular formula is C9H12BrN3O. The number of aryl methyl sites for hydroxylation is 1. The lowest BCUT2D eigenvalue weighted by Crippen LogP contribution is -2.25. The van der Waals surface area contributed by atoms with Gasteiger partial charge in [-0.1, -0.05) is 15.9 Å². The zero-order valence-electron chi connectivity index (χ0n) is 8.02. The zero-order chi connectivity index (χ0) is 10.7. The van der Waals surface area contributed by atoms with Crippen molar-refractivity contribution < 1.29 is 4.79 Å². The van der Waals surface area contributed by atoms with Crippen LogP contribution in [0, 0.1) is 6.92 Å². The molecule has 0 aliphatic rings. The highest BCUT2D eigenvalue weighted by Gasteiger charge is 2.07. The Balaban J connectivity index is 3.02. The largest absolute Gasteiger partial charge is 0.397 e. The molecule has 76 valence electrons. The maximum Gasteiger partial charge on any atom is 0.319 e. The zero-order valence-corrected chi connectivity index (χ0v) is 9.60. The summed E-state index contributed by atoms with van der Waals surface area (Å²) in [6.07, 6.45) is 0. The van der Waals surface area contributed by atoms with Crippen LogP contribution in [0.25, 0.3) is 0 Å². The van der Waals surface area contributed by atoms with E-state index in [0.29, 0.717) is 11.4 Å². The van der Waals surface area contributed by atoms with Gasteiger partial charge in [-0.25, -0.2) is 4.79 Å². The summed E-state index contributed by atoms with van der Waals surface area (Å²) in [5.41, 5.74) is 7.86. The Hall–Kier alpha value is -1.23. The molecule has 0 radical (unpaired) electrons. The van der Waals surface area contributed by atoms with E-state index in [1.54, 1.807) is 13.1 Å². The summed E-state index contributed by atoms with van der Waals surface area (Å²) in [6.45, 7) is 1.88. The second kappa shape index (κ2) is 4.32. The third-order valence-electron chi connectivity index (χ3n) is 1.80. The van der Waals surface area contributed by atoms with Gasteiger partial charge in [0.2, 0.25) is 0 Å². The van der Waals surface area contributed by atoms with Gasteiger partial charge in [0.1, 0.15) is 0 Å². The number of anilines is 2. The van der Waals surface area contributed by atoms with E-state index in [-0.39, 0.29) is 6.03 Å². The molecule has 0 atom stereocenters. The number of carbonyl (C=O) groups excluding carboxylic acids is 1. The van der Waals surface area contributed by atoms with Crippen molar-refractivity contribution >= 4 is 33.3 Å². The number of amides is 2. The Bertz CT molecular complexity index is 342. The lowest BCUT2D eigenvalue weighted by Gasteiger charge is -2.11. The van der Waals surface area contributed by atoms with Gasteiger partial charge in [-0.05, 0) is 24.6 Å². The van der Waals surface area contributed by atoms with E-state index in [1.807, 2.05) is 13.0 Å². The summed E-state index contributed by atoms with van der Waals surface area (Å²) in [4.78, 5) is 11.1. The molecule has 2 amide bonds. The van der Waals surface area contributed by atoms with Crippen LogP contribution in [0.5, 0.6) is 0 Å². The fourth-order valence-corrected chi connectivity index (χ4v) is 1.71. The predicted molar refractivity (Wildman–Crippen MR) is 61.4 cm³/mol. The van der Waals surface area contributed by atoms with Crippen LogP contribution in [-0.4, -0.2) is 13.1 Å². The molecule has 4 N–H and O–H groups in total. The van der Waals surface area contributed by atoms with Crippen molar-refractivity contribution in [1.29, 1.82) is 0 Å². The number of hydrogen-bond acceptors (Lipinski definition) is 2. The summed E-state index contributed by atoms with van der Waals surface area (Å²) < 4.78 is 0.898. The van der Waals surface area contributed by atoms with Crippen molar-refractivity contribution in [3.63, 3.8) is 0 Å². The normalized spacial score (nSPS) is 9.64. The van der Waals surface area contributed by atoms with Crippen molar-refractivity contribution in [2.45, 2.75) is 6.92 Å². The first-order valence-electron chi connectivity index (χ1n) is 4.09. The van der Waals surface area contributed by atoms with E-state index in [0.717, 1.165) is 10.0 Å². The third-order valence-corrected chi connectivity index (χ3v) is 2.25. The Morgan fingerprint density at radius 3 is 2.64 bits per heavy atom. The Morgan fingerprint density at radius 1 is 1.50 bits per heavy atom. The van der Waals surface area contributed by atoms with Gasteiger partial charge in [0.25, 0.3) is 0 Å². The number of nitrogens with one attached hydrogen (secondary N) is 2. The number of carbonyl (C=O) groups is 1. The Kier molecular flexibility index (Phi) is 3.35. The fraction of sp³-hybridized carbons (Fsp3) is 0.222. The highest BCUT2D eigenvalue weighted by atomic mass is 79.9. The van der Waals surface area contributed by atoms with Crippen LogP contribution in [0.2, 0.25) is 0 Å². The SMILES string of the molecule is CNC(=O)Nc1c(C)cc(Br)cc1N. The van der Waals surface area contributed by atoms with Gasteiger partial charge in [-0.15, -0.1) is 0 Å². The second-order valence-corrected chi connectivity index (χ2v) is 3.81. The smallest absolute Gasteiger partial charge is 0.319 e. The quantitative estimate of drug-likeness (QED) is 0.675. The van der Waals surface area contributed by atoms with Gasteiger partial charge in [-0.3, -0.25) is 0 Å². The molecule has 0 aliphatic carbocycles.